The zero-order valence-electron chi connectivity index (χ0n) is 18.8. The zero-order valence-corrected chi connectivity index (χ0v) is 19.6. The third-order valence-electron chi connectivity index (χ3n) is 5.21. The van der Waals surface area contributed by atoms with Crippen LogP contribution in [0.1, 0.15) is 45.5 Å². The van der Waals surface area contributed by atoms with E-state index >= 15 is 0 Å². The van der Waals surface area contributed by atoms with Crippen LogP contribution < -0.4 is 0 Å². The van der Waals surface area contributed by atoms with E-state index in [4.69, 9.17) is 0 Å². The van der Waals surface area contributed by atoms with Gasteiger partial charge in [0.1, 0.15) is 18.2 Å². The van der Waals surface area contributed by atoms with Gasteiger partial charge < -0.3 is 9.67 Å². The van der Waals surface area contributed by atoms with Gasteiger partial charge in [-0.1, -0.05) is 33.8 Å². The summed E-state index contributed by atoms with van der Waals surface area (Å²) >= 11 is 0. The molecule has 32 heavy (non-hydrogen) atoms. The molecule has 0 bridgehead atoms. The number of fused-ring (bicyclic) bond motifs is 1. The largest absolute Gasteiger partial charge is 0.480 e. The van der Waals surface area contributed by atoms with Crippen molar-refractivity contribution in [2.45, 2.75) is 57.7 Å². The molecule has 6 nitrogen and oxygen atoms in total. The maximum absolute atomic E-state index is 13.1. The molecule has 0 aliphatic heterocycles. The summed E-state index contributed by atoms with van der Waals surface area (Å²) in [7, 11) is -3.66. The molecule has 172 valence electrons. The number of sulfone groups is 1. The van der Waals surface area contributed by atoms with E-state index in [-0.39, 0.29) is 22.6 Å². The number of hydrogen-bond donors (Lipinski definition) is 1. The van der Waals surface area contributed by atoms with Gasteiger partial charge in [-0.2, -0.15) is 0 Å². The highest BCUT2D eigenvalue weighted by Gasteiger charge is 2.21. The summed E-state index contributed by atoms with van der Waals surface area (Å²) in [6.07, 6.45) is 1.59. The van der Waals surface area contributed by atoms with Crippen molar-refractivity contribution in [3.63, 3.8) is 0 Å². The third kappa shape index (κ3) is 5.94. The first-order chi connectivity index (χ1) is 14.8. The molecule has 0 fully saturated rings. The van der Waals surface area contributed by atoms with E-state index in [1.165, 1.54) is 12.1 Å². The van der Waals surface area contributed by atoms with E-state index in [9.17, 15) is 22.7 Å². The van der Waals surface area contributed by atoms with Gasteiger partial charge >= 0.3 is 5.97 Å². The number of rotatable bonds is 8. The third-order valence-corrected chi connectivity index (χ3v) is 6.91. The molecular formula is C24H29FN2O4S. The standard InChI is InChI=1S/C24H29FN2O4S/c1-16(13-24(2,3)4)11-22-26-20-12-17(5-10-21(20)27(22)14-23(28)29)15-32(30,31)19-8-6-18(25)7-9-19/h5-10,12,16H,11,13-15H2,1-4H3,(H,28,29). The van der Waals surface area contributed by atoms with E-state index in [0.29, 0.717) is 34.8 Å². The van der Waals surface area contributed by atoms with Crippen molar-refractivity contribution in [2.75, 3.05) is 0 Å². The van der Waals surface area contributed by atoms with Crippen molar-refractivity contribution in [2.24, 2.45) is 11.3 Å². The molecular weight excluding hydrogens is 431 g/mol. The van der Waals surface area contributed by atoms with E-state index < -0.39 is 21.6 Å². The van der Waals surface area contributed by atoms with Crippen LogP contribution in [0.2, 0.25) is 0 Å². The van der Waals surface area contributed by atoms with Gasteiger partial charge in [0.15, 0.2) is 9.84 Å². The van der Waals surface area contributed by atoms with Crippen LogP contribution in [0.3, 0.4) is 0 Å². The van der Waals surface area contributed by atoms with Gasteiger partial charge in [0.05, 0.1) is 21.7 Å². The Bertz CT molecular complexity index is 1230. The molecule has 1 heterocycles. The summed E-state index contributed by atoms with van der Waals surface area (Å²) in [6.45, 7) is 8.41. The zero-order chi connectivity index (χ0) is 23.7. The normalized spacial score (nSPS) is 13.4. The molecule has 3 aromatic rings. The molecule has 0 aliphatic rings. The fraction of sp³-hybridized carbons (Fsp3) is 0.417. The van der Waals surface area contributed by atoms with Crippen molar-refractivity contribution in [1.82, 2.24) is 9.55 Å². The number of benzene rings is 2. The summed E-state index contributed by atoms with van der Waals surface area (Å²) in [5.41, 5.74) is 1.91. The Morgan fingerprint density at radius 2 is 1.81 bits per heavy atom. The number of imidazole rings is 1. The average molecular weight is 461 g/mol. The lowest BCUT2D eigenvalue weighted by molar-refractivity contribution is -0.137. The Morgan fingerprint density at radius 1 is 1.16 bits per heavy atom. The van der Waals surface area contributed by atoms with E-state index in [1.807, 2.05) is 0 Å². The van der Waals surface area contributed by atoms with Gasteiger partial charge in [-0.25, -0.2) is 17.8 Å². The van der Waals surface area contributed by atoms with Gasteiger partial charge in [0.2, 0.25) is 0 Å². The highest BCUT2D eigenvalue weighted by molar-refractivity contribution is 7.90. The van der Waals surface area contributed by atoms with Crippen LogP contribution in [0.25, 0.3) is 11.0 Å². The van der Waals surface area contributed by atoms with Crippen molar-refractivity contribution in [1.29, 1.82) is 0 Å². The number of aromatic nitrogens is 2. The predicted molar refractivity (Wildman–Crippen MR) is 122 cm³/mol. The second-order valence-corrected chi connectivity index (χ2v) is 11.6. The van der Waals surface area contributed by atoms with Crippen molar-refractivity contribution >= 4 is 26.8 Å². The first-order valence-corrected chi connectivity index (χ1v) is 12.2. The van der Waals surface area contributed by atoms with Crippen LogP contribution in [0.4, 0.5) is 4.39 Å². The van der Waals surface area contributed by atoms with Gasteiger partial charge in [-0.3, -0.25) is 4.79 Å². The second kappa shape index (κ2) is 9.02. The Hall–Kier alpha value is -2.74. The molecule has 1 N–H and O–H groups in total. The van der Waals surface area contributed by atoms with Crippen LogP contribution in [-0.2, 0) is 33.4 Å². The molecule has 8 heteroatoms. The molecule has 0 saturated carbocycles. The van der Waals surface area contributed by atoms with Crippen LogP contribution >= 0.6 is 0 Å². The fourth-order valence-electron chi connectivity index (χ4n) is 4.16. The average Bonchev–Trinajstić information content (AvgIpc) is 2.95. The van der Waals surface area contributed by atoms with Gasteiger partial charge in [-0.15, -0.1) is 0 Å². The van der Waals surface area contributed by atoms with Gasteiger partial charge in [0, 0.05) is 6.42 Å². The Balaban J connectivity index is 1.93. The minimum Gasteiger partial charge on any atom is -0.480 e. The molecule has 0 spiro atoms. The molecule has 0 amide bonds. The van der Waals surface area contributed by atoms with Crippen LogP contribution in [0.15, 0.2) is 47.4 Å². The Kier molecular flexibility index (Phi) is 6.74. The van der Waals surface area contributed by atoms with Crippen molar-refractivity contribution < 1.29 is 22.7 Å². The summed E-state index contributed by atoms with van der Waals surface area (Å²) < 4.78 is 40.3. The summed E-state index contributed by atoms with van der Waals surface area (Å²) in [5, 5.41) is 9.39. The van der Waals surface area contributed by atoms with Crippen LogP contribution in [-0.4, -0.2) is 29.0 Å². The molecule has 1 atom stereocenters. The Morgan fingerprint density at radius 3 is 2.41 bits per heavy atom. The molecule has 0 aliphatic carbocycles. The number of carboxylic acids is 1. The minimum absolute atomic E-state index is 0.0482. The maximum atomic E-state index is 13.1. The van der Waals surface area contributed by atoms with Crippen molar-refractivity contribution in [3.05, 3.63) is 59.7 Å². The van der Waals surface area contributed by atoms with Crippen molar-refractivity contribution in [3.8, 4) is 0 Å². The molecule has 2 aromatic carbocycles. The molecule has 0 saturated heterocycles. The number of carboxylic acid groups (broad SMARTS) is 1. The van der Waals surface area contributed by atoms with Crippen LogP contribution in [0, 0.1) is 17.2 Å². The molecule has 1 unspecified atom stereocenters. The lowest BCUT2D eigenvalue weighted by Gasteiger charge is -2.23. The van der Waals surface area contributed by atoms with Gasteiger partial charge in [0.25, 0.3) is 0 Å². The number of aliphatic carboxylic acids is 1. The SMILES string of the molecule is CC(Cc1nc2cc(CS(=O)(=O)c3ccc(F)cc3)ccc2n1CC(=O)O)CC(C)(C)C. The first-order valence-electron chi connectivity index (χ1n) is 10.5. The summed E-state index contributed by atoms with van der Waals surface area (Å²) in [6, 6.07) is 9.82. The van der Waals surface area contributed by atoms with E-state index in [1.54, 1.807) is 22.8 Å². The lowest BCUT2D eigenvalue weighted by Crippen LogP contribution is -2.17. The fourth-order valence-corrected chi connectivity index (χ4v) is 5.49. The number of nitrogens with zero attached hydrogens (tertiary/aromatic N) is 2. The highest BCUT2D eigenvalue weighted by atomic mass is 32.2. The minimum atomic E-state index is -3.66. The molecule has 3 rings (SSSR count). The van der Waals surface area contributed by atoms with E-state index in [2.05, 4.69) is 32.7 Å². The molecule has 1 aromatic heterocycles. The summed E-state index contributed by atoms with van der Waals surface area (Å²) in [5.74, 6) is -0.731. The number of halogens is 1. The van der Waals surface area contributed by atoms with E-state index in [0.717, 1.165) is 18.6 Å². The quantitative estimate of drug-likeness (QED) is 0.486. The summed E-state index contributed by atoms with van der Waals surface area (Å²) in [4.78, 5) is 16.2. The number of carbonyl (C=O) groups is 1. The van der Waals surface area contributed by atoms with Crippen LogP contribution in [0.5, 0.6) is 0 Å². The van der Waals surface area contributed by atoms with Gasteiger partial charge in [-0.05, 0) is 59.7 Å². The maximum Gasteiger partial charge on any atom is 0.323 e. The monoisotopic (exact) mass is 460 g/mol. The highest BCUT2D eigenvalue weighted by Crippen LogP contribution is 2.28. The lowest BCUT2D eigenvalue weighted by atomic mass is 9.84. The Labute approximate surface area is 188 Å². The second-order valence-electron chi connectivity index (χ2n) is 9.62. The number of hydrogen-bond acceptors (Lipinski definition) is 4. The molecule has 0 radical (unpaired) electrons. The smallest absolute Gasteiger partial charge is 0.323 e. The predicted octanol–water partition coefficient (Wildman–Crippen LogP) is 4.85. The first kappa shape index (κ1) is 23.9. The topological polar surface area (TPSA) is 89.3 Å².